The van der Waals surface area contributed by atoms with E-state index in [1.165, 1.54) is 6.20 Å². The van der Waals surface area contributed by atoms with Gasteiger partial charge in [-0.1, -0.05) is 0 Å². The fraction of sp³-hybridized carbons (Fsp3) is 0.533. The Morgan fingerprint density at radius 3 is 3.00 bits per heavy atom. The molecule has 21 heavy (non-hydrogen) atoms. The summed E-state index contributed by atoms with van der Waals surface area (Å²) in [5.74, 6) is 0.354. The first-order valence-electron chi connectivity index (χ1n) is 7.12. The number of nitrogens with one attached hydrogen (secondary N) is 2. The zero-order valence-corrected chi connectivity index (χ0v) is 12.4. The van der Waals surface area contributed by atoms with E-state index in [-0.39, 0.29) is 6.04 Å². The van der Waals surface area contributed by atoms with Crippen molar-refractivity contribution in [3.05, 3.63) is 23.7 Å². The van der Waals surface area contributed by atoms with Gasteiger partial charge in [-0.15, -0.1) is 0 Å². The molecule has 0 spiro atoms. The molecule has 0 aliphatic heterocycles. The minimum Gasteiger partial charge on any atom is -0.389 e. The lowest BCUT2D eigenvalue weighted by Gasteiger charge is -2.27. The maximum Gasteiger partial charge on any atom is 0.159 e. The summed E-state index contributed by atoms with van der Waals surface area (Å²) in [5.41, 5.74) is 2.17. The standard InChI is InChI=1S/C15H19N5O/c1-8(15(2,3)21)19-12-4-10(12)11-7-18-14-13(11)20-9(5-16)6-17-14/h6-8,10,12,19,21H,4H2,1-3H3,(H,17,18)/t8-,10?,12?/m1/s1. The van der Waals surface area contributed by atoms with Crippen molar-refractivity contribution < 1.29 is 5.11 Å². The molecule has 0 amide bonds. The molecule has 2 aromatic rings. The highest BCUT2D eigenvalue weighted by molar-refractivity contribution is 5.76. The lowest BCUT2D eigenvalue weighted by Crippen LogP contribution is -2.45. The summed E-state index contributed by atoms with van der Waals surface area (Å²) >= 11 is 0. The van der Waals surface area contributed by atoms with Gasteiger partial charge < -0.3 is 15.4 Å². The molecular weight excluding hydrogens is 266 g/mol. The van der Waals surface area contributed by atoms with Crippen LogP contribution in [0.15, 0.2) is 12.4 Å². The second-order valence-corrected chi connectivity index (χ2v) is 6.30. The second-order valence-electron chi connectivity index (χ2n) is 6.30. The Labute approximate surface area is 123 Å². The van der Waals surface area contributed by atoms with Gasteiger partial charge in [-0.3, -0.25) is 0 Å². The van der Waals surface area contributed by atoms with Crippen LogP contribution in [0, 0.1) is 11.3 Å². The van der Waals surface area contributed by atoms with E-state index < -0.39 is 5.60 Å². The van der Waals surface area contributed by atoms with Crippen LogP contribution in [0.3, 0.4) is 0 Å². The molecule has 1 aliphatic carbocycles. The van der Waals surface area contributed by atoms with Crippen molar-refractivity contribution in [3.63, 3.8) is 0 Å². The number of nitriles is 1. The first kappa shape index (κ1) is 14.0. The second kappa shape index (κ2) is 4.79. The Morgan fingerprint density at radius 1 is 1.57 bits per heavy atom. The topological polar surface area (TPSA) is 97.6 Å². The summed E-state index contributed by atoms with van der Waals surface area (Å²) in [5, 5.41) is 22.4. The van der Waals surface area contributed by atoms with Gasteiger partial charge in [-0.2, -0.15) is 5.26 Å². The Kier molecular flexibility index (Phi) is 3.19. The van der Waals surface area contributed by atoms with E-state index in [4.69, 9.17) is 5.26 Å². The van der Waals surface area contributed by atoms with Crippen LogP contribution in [0.5, 0.6) is 0 Å². The molecule has 2 heterocycles. The van der Waals surface area contributed by atoms with E-state index in [0.717, 1.165) is 17.5 Å². The van der Waals surface area contributed by atoms with Crippen LogP contribution in [0.2, 0.25) is 0 Å². The van der Waals surface area contributed by atoms with Crippen molar-refractivity contribution in [2.45, 2.75) is 50.8 Å². The first-order valence-corrected chi connectivity index (χ1v) is 7.12. The molecule has 1 fully saturated rings. The highest BCUT2D eigenvalue weighted by atomic mass is 16.3. The van der Waals surface area contributed by atoms with E-state index in [2.05, 4.69) is 20.3 Å². The third kappa shape index (κ3) is 2.62. The number of rotatable bonds is 4. The Balaban J connectivity index is 1.79. The number of H-pyrrole nitrogens is 1. The van der Waals surface area contributed by atoms with Gasteiger partial charge in [0.25, 0.3) is 0 Å². The lowest BCUT2D eigenvalue weighted by molar-refractivity contribution is 0.0434. The van der Waals surface area contributed by atoms with Crippen molar-refractivity contribution >= 4 is 11.2 Å². The number of hydrogen-bond donors (Lipinski definition) is 3. The van der Waals surface area contributed by atoms with Gasteiger partial charge in [-0.05, 0) is 27.2 Å². The van der Waals surface area contributed by atoms with Crippen molar-refractivity contribution in [2.24, 2.45) is 0 Å². The quantitative estimate of drug-likeness (QED) is 0.789. The van der Waals surface area contributed by atoms with Crippen LogP contribution < -0.4 is 5.32 Å². The van der Waals surface area contributed by atoms with Gasteiger partial charge in [-0.25, -0.2) is 9.97 Å². The zero-order chi connectivity index (χ0) is 15.2. The van der Waals surface area contributed by atoms with Crippen molar-refractivity contribution in [1.82, 2.24) is 20.3 Å². The molecule has 1 saturated carbocycles. The van der Waals surface area contributed by atoms with Crippen LogP contribution in [-0.4, -0.2) is 37.7 Å². The van der Waals surface area contributed by atoms with Gasteiger partial charge in [0.1, 0.15) is 11.6 Å². The minimum absolute atomic E-state index is 0.0125. The third-order valence-corrected chi connectivity index (χ3v) is 4.24. The highest BCUT2D eigenvalue weighted by Gasteiger charge is 2.42. The molecule has 6 heteroatoms. The zero-order valence-electron chi connectivity index (χ0n) is 12.4. The van der Waals surface area contributed by atoms with Crippen LogP contribution >= 0.6 is 0 Å². The molecule has 0 radical (unpaired) electrons. The van der Waals surface area contributed by atoms with Gasteiger partial charge >= 0.3 is 0 Å². The Bertz CT molecular complexity index is 709. The summed E-state index contributed by atoms with van der Waals surface area (Å²) < 4.78 is 0. The smallest absolute Gasteiger partial charge is 0.159 e. The predicted molar refractivity (Wildman–Crippen MR) is 78.6 cm³/mol. The number of aliphatic hydroxyl groups is 1. The van der Waals surface area contributed by atoms with Gasteiger partial charge in [0, 0.05) is 29.8 Å². The van der Waals surface area contributed by atoms with E-state index in [1.807, 2.05) is 19.2 Å². The summed E-state index contributed by atoms with van der Waals surface area (Å²) in [6.07, 6.45) is 4.40. The normalized spacial score (nSPS) is 23.0. The Hall–Kier alpha value is -1.97. The van der Waals surface area contributed by atoms with Crippen LogP contribution in [-0.2, 0) is 0 Å². The lowest BCUT2D eigenvalue weighted by atomic mass is 10.0. The summed E-state index contributed by atoms with van der Waals surface area (Å²) in [6.45, 7) is 5.59. The number of aromatic nitrogens is 3. The van der Waals surface area contributed by atoms with E-state index in [0.29, 0.717) is 23.3 Å². The van der Waals surface area contributed by atoms with Crippen molar-refractivity contribution in [3.8, 4) is 6.07 Å². The molecule has 6 nitrogen and oxygen atoms in total. The summed E-state index contributed by atoms with van der Waals surface area (Å²) in [7, 11) is 0. The SMILES string of the molecule is C[C@@H](NC1CC1c1c[nH]c2ncc(C#N)nc12)C(C)(C)O. The minimum atomic E-state index is -0.749. The first-order chi connectivity index (χ1) is 9.90. The number of aromatic amines is 1. The molecule has 1 aliphatic rings. The summed E-state index contributed by atoms with van der Waals surface area (Å²) in [6, 6.07) is 2.37. The largest absolute Gasteiger partial charge is 0.389 e. The number of fused-ring (bicyclic) bond motifs is 1. The molecule has 3 atom stereocenters. The van der Waals surface area contributed by atoms with Gasteiger partial charge in [0.15, 0.2) is 11.3 Å². The maximum absolute atomic E-state index is 9.99. The Morgan fingerprint density at radius 2 is 2.33 bits per heavy atom. The van der Waals surface area contributed by atoms with E-state index in [9.17, 15) is 5.11 Å². The average molecular weight is 285 g/mol. The monoisotopic (exact) mass is 285 g/mol. The number of nitrogens with zero attached hydrogens (tertiary/aromatic N) is 3. The van der Waals surface area contributed by atoms with Crippen molar-refractivity contribution in [2.75, 3.05) is 0 Å². The van der Waals surface area contributed by atoms with Crippen LogP contribution in [0.25, 0.3) is 11.2 Å². The van der Waals surface area contributed by atoms with E-state index in [1.54, 1.807) is 13.8 Å². The van der Waals surface area contributed by atoms with E-state index >= 15 is 0 Å². The van der Waals surface area contributed by atoms with Gasteiger partial charge in [0.05, 0.1) is 11.8 Å². The van der Waals surface area contributed by atoms with Gasteiger partial charge in [0.2, 0.25) is 0 Å². The fourth-order valence-corrected chi connectivity index (χ4v) is 2.49. The number of hydrogen-bond acceptors (Lipinski definition) is 5. The van der Waals surface area contributed by atoms with Crippen LogP contribution in [0.1, 0.15) is 44.4 Å². The molecule has 0 saturated heterocycles. The molecule has 2 unspecified atom stereocenters. The summed E-state index contributed by atoms with van der Waals surface area (Å²) in [4.78, 5) is 11.7. The molecule has 0 bridgehead atoms. The average Bonchev–Trinajstić information content (AvgIpc) is 3.06. The highest BCUT2D eigenvalue weighted by Crippen LogP contribution is 2.43. The molecule has 3 N–H and O–H groups in total. The third-order valence-electron chi connectivity index (χ3n) is 4.24. The predicted octanol–water partition coefficient (Wildman–Crippen LogP) is 1.43. The fourth-order valence-electron chi connectivity index (χ4n) is 2.49. The van der Waals surface area contributed by atoms with Crippen LogP contribution in [0.4, 0.5) is 0 Å². The molecule has 110 valence electrons. The molecule has 2 aromatic heterocycles. The van der Waals surface area contributed by atoms with Crippen molar-refractivity contribution in [1.29, 1.82) is 5.26 Å². The molecule has 3 rings (SSSR count). The maximum atomic E-state index is 9.99. The molecular formula is C15H19N5O. The molecule has 0 aromatic carbocycles.